The molecule has 0 aliphatic carbocycles. The van der Waals surface area contributed by atoms with Gasteiger partial charge in [-0.15, -0.1) is 24.0 Å². The number of guanidine groups is 1. The fourth-order valence-corrected chi connectivity index (χ4v) is 2.69. The van der Waals surface area contributed by atoms with Gasteiger partial charge in [-0.2, -0.15) is 0 Å². The summed E-state index contributed by atoms with van der Waals surface area (Å²) < 4.78 is 27.2. The molecule has 1 aromatic rings. The maximum absolute atomic E-state index is 13.6. The molecule has 130 valence electrons. The number of rotatable bonds is 4. The first-order valence-electron chi connectivity index (χ1n) is 8.08. The number of aliphatic imine (C=N–C) groups is 1. The molecule has 1 aliphatic heterocycles. The molecule has 3 nitrogen and oxygen atoms in total. The van der Waals surface area contributed by atoms with Crippen molar-refractivity contribution in [1.82, 2.24) is 10.2 Å². The Morgan fingerprint density at radius 1 is 1.26 bits per heavy atom. The highest BCUT2D eigenvalue weighted by molar-refractivity contribution is 14.0. The normalized spacial score (nSPS) is 16.2. The van der Waals surface area contributed by atoms with Gasteiger partial charge in [-0.3, -0.25) is 4.99 Å². The second-order valence-corrected chi connectivity index (χ2v) is 5.86. The summed E-state index contributed by atoms with van der Waals surface area (Å²) in [6, 6.07) is 3.97. The molecular formula is C17H26F2IN3. The second-order valence-electron chi connectivity index (χ2n) is 5.86. The molecule has 1 fully saturated rings. The number of hydrogen-bond donors (Lipinski definition) is 1. The molecule has 1 heterocycles. The van der Waals surface area contributed by atoms with Crippen LogP contribution in [0.5, 0.6) is 0 Å². The van der Waals surface area contributed by atoms with E-state index in [2.05, 4.69) is 22.1 Å². The molecule has 0 saturated carbocycles. The van der Waals surface area contributed by atoms with Gasteiger partial charge in [-0.1, -0.05) is 13.0 Å². The smallest absolute Gasteiger partial charge is 0.193 e. The number of nitrogens with one attached hydrogen (secondary N) is 1. The fourth-order valence-electron chi connectivity index (χ4n) is 2.69. The summed E-state index contributed by atoms with van der Waals surface area (Å²) in [5.74, 6) is 0.622. The van der Waals surface area contributed by atoms with Crippen molar-refractivity contribution in [2.24, 2.45) is 10.9 Å². The molecule has 0 aromatic heterocycles. The molecule has 0 unspecified atom stereocenters. The van der Waals surface area contributed by atoms with E-state index in [9.17, 15) is 8.78 Å². The molecule has 0 amide bonds. The van der Waals surface area contributed by atoms with Gasteiger partial charge in [0.1, 0.15) is 11.6 Å². The maximum Gasteiger partial charge on any atom is 0.193 e. The number of halogens is 3. The number of benzene rings is 1. The summed E-state index contributed by atoms with van der Waals surface area (Å²) in [7, 11) is 0. The summed E-state index contributed by atoms with van der Waals surface area (Å²) >= 11 is 0. The monoisotopic (exact) mass is 437 g/mol. The third-order valence-electron chi connectivity index (χ3n) is 4.10. The first kappa shape index (κ1) is 20.1. The van der Waals surface area contributed by atoms with Gasteiger partial charge in [0.2, 0.25) is 0 Å². The predicted octanol–water partition coefficient (Wildman–Crippen LogP) is 3.82. The predicted molar refractivity (Wildman–Crippen MR) is 101 cm³/mol. The zero-order chi connectivity index (χ0) is 15.9. The van der Waals surface area contributed by atoms with Gasteiger partial charge in [0.25, 0.3) is 0 Å². The summed E-state index contributed by atoms with van der Waals surface area (Å²) in [4.78, 5) is 6.78. The molecule has 1 N–H and O–H groups in total. The minimum atomic E-state index is -0.494. The van der Waals surface area contributed by atoms with E-state index in [0.717, 1.165) is 44.4 Å². The highest BCUT2D eigenvalue weighted by Gasteiger charge is 2.18. The van der Waals surface area contributed by atoms with Crippen LogP contribution in [0.15, 0.2) is 23.2 Å². The topological polar surface area (TPSA) is 27.6 Å². The zero-order valence-corrected chi connectivity index (χ0v) is 16.1. The molecule has 1 saturated heterocycles. The SMILES string of the molecule is CCNC(=NCCc1c(F)cccc1F)N1CCC(C)CC1.I. The Kier molecular flexibility index (Phi) is 8.79. The minimum Gasteiger partial charge on any atom is -0.357 e. The lowest BCUT2D eigenvalue weighted by molar-refractivity contribution is 0.273. The summed E-state index contributed by atoms with van der Waals surface area (Å²) in [5.41, 5.74) is 0.120. The molecule has 2 rings (SSSR count). The van der Waals surface area contributed by atoms with E-state index >= 15 is 0 Å². The Morgan fingerprint density at radius 3 is 2.43 bits per heavy atom. The molecule has 23 heavy (non-hydrogen) atoms. The van der Waals surface area contributed by atoms with E-state index in [-0.39, 0.29) is 36.0 Å². The van der Waals surface area contributed by atoms with Crippen LogP contribution >= 0.6 is 24.0 Å². The van der Waals surface area contributed by atoms with Crippen LogP contribution in [0.2, 0.25) is 0 Å². The average molecular weight is 437 g/mol. The Hall–Kier alpha value is -0.920. The van der Waals surface area contributed by atoms with Crippen molar-refractivity contribution in [3.8, 4) is 0 Å². The van der Waals surface area contributed by atoms with Crippen LogP contribution in [0.3, 0.4) is 0 Å². The Bertz CT molecular complexity index is 494. The van der Waals surface area contributed by atoms with Crippen LogP contribution in [0, 0.1) is 17.6 Å². The first-order chi connectivity index (χ1) is 10.6. The van der Waals surface area contributed by atoms with Gasteiger partial charge in [-0.25, -0.2) is 8.78 Å². The van der Waals surface area contributed by atoms with Crippen molar-refractivity contribution in [3.05, 3.63) is 35.4 Å². The number of piperidine rings is 1. The highest BCUT2D eigenvalue weighted by Crippen LogP contribution is 2.16. The summed E-state index contributed by atoms with van der Waals surface area (Å²) in [6.07, 6.45) is 2.59. The first-order valence-corrected chi connectivity index (χ1v) is 8.08. The van der Waals surface area contributed by atoms with Crippen LogP contribution in [-0.4, -0.2) is 37.0 Å². The van der Waals surface area contributed by atoms with Crippen LogP contribution < -0.4 is 5.32 Å². The van der Waals surface area contributed by atoms with E-state index in [0.29, 0.717) is 6.54 Å². The maximum atomic E-state index is 13.6. The van der Waals surface area contributed by atoms with Crippen molar-refractivity contribution in [3.63, 3.8) is 0 Å². The van der Waals surface area contributed by atoms with E-state index < -0.39 is 11.6 Å². The lowest BCUT2D eigenvalue weighted by Gasteiger charge is -2.33. The van der Waals surface area contributed by atoms with E-state index in [1.807, 2.05) is 6.92 Å². The van der Waals surface area contributed by atoms with Gasteiger partial charge in [0.15, 0.2) is 5.96 Å². The Balaban J connectivity index is 0.00000264. The molecule has 1 aliphatic rings. The zero-order valence-electron chi connectivity index (χ0n) is 13.8. The molecule has 0 radical (unpaired) electrons. The molecular weight excluding hydrogens is 411 g/mol. The second kappa shape index (κ2) is 10.1. The van der Waals surface area contributed by atoms with Gasteiger partial charge in [-0.05, 0) is 44.2 Å². The molecule has 0 bridgehead atoms. The Morgan fingerprint density at radius 2 is 1.87 bits per heavy atom. The van der Waals surface area contributed by atoms with Crippen LogP contribution in [0.4, 0.5) is 8.78 Å². The van der Waals surface area contributed by atoms with Gasteiger partial charge < -0.3 is 10.2 Å². The third-order valence-corrected chi connectivity index (χ3v) is 4.10. The van der Waals surface area contributed by atoms with E-state index in [4.69, 9.17) is 0 Å². The van der Waals surface area contributed by atoms with Crippen molar-refractivity contribution < 1.29 is 8.78 Å². The minimum absolute atomic E-state index is 0. The summed E-state index contributed by atoms with van der Waals surface area (Å²) in [6.45, 7) is 7.44. The average Bonchev–Trinajstić information content (AvgIpc) is 2.50. The fraction of sp³-hybridized carbons (Fsp3) is 0.588. The third kappa shape index (κ3) is 5.90. The largest absolute Gasteiger partial charge is 0.357 e. The lowest BCUT2D eigenvalue weighted by Crippen LogP contribution is -2.45. The van der Waals surface area contributed by atoms with Crippen molar-refractivity contribution >= 4 is 29.9 Å². The van der Waals surface area contributed by atoms with Crippen LogP contribution in [0.25, 0.3) is 0 Å². The number of nitrogens with zero attached hydrogens (tertiary/aromatic N) is 2. The van der Waals surface area contributed by atoms with Crippen molar-refractivity contribution in [1.29, 1.82) is 0 Å². The Labute approximate surface area is 154 Å². The molecule has 1 aromatic carbocycles. The molecule has 6 heteroatoms. The standard InChI is InChI=1S/C17H25F2N3.HI/c1-3-20-17(22-11-8-13(2)9-12-22)21-10-7-14-15(18)5-4-6-16(14)19;/h4-6,13H,3,7-12H2,1-2H3,(H,20,21);1H. The van der Waals surface area contributed by atoms with Gasteiger partial charge >= 0.3 is 0 Å². The van der Waals surface area contributed by atoms with Crippen LogP contribution in [-0.2, 0) is 6.42 Å². The quantitative estimate of drug-likeness (QED) is 0.441. The molecule has 0 spiro atoms. The van der Waals surface area contributed by atoms with Crippen molar-refractivity contribution in [2.75, 3.05) is 26.2 Å². The van der Waals surface area contributed by atoms with Crippen molar-refractivity contribution in [2.45, 2.75) is 33.1 Å². The highest BCUT2D eigenvalue weighted by atomic mass is 127. The lowest BCUT2D eigenvalue weighted by atomic mass is 10.00. The van der Waals surface area contributed by atoms with Gasteiger partial charge in [0, 0.05) is 31.7 Å². The van der Waals surface area contributed by atoms with Gasteiger partial charge in [0.05, 0.1) is 0 Å². The number of likely N-dealkylation sites (tertiary alicyclic amines) is 1. The van der Waals surface area contributed by atoms with Crippen LogP contribution in [0.1, 0.15) is 32.3 Å². The number of hydrogen-bond acceptors (Lipinski definition) is 1. The summed E-state index contributed by atoms with van der Waals surface area (Å²) in [5, 5.41) is 3.27. The molecule has 0 atom stereocenters. The van der Waals surface area contributed by atoms with E-state index in [1.54, 1.807) is 0 Å². The van der Waals surface area contributed by atoms with E-state index in [1.165, 1.54) is 18.2 Å².